The fourth-order valence-corrected chi connectivity index (χ4v) is 3.36. The SMILES string of the molecule is O=C(NC1CCC(Oc2ccc(C(F)(F)F)cn2)CC1)c1ccc(Cl)c([N+](=O)[O-])c1. The van der Waals surface area contributed by atoms with Crippen LogP contribution in [0.1, 0.15) is 41.6 Å². The van der Waals surface area contributed by atoms with E-state index in [1.165, 1.54) is 18.2 Å². The molecule has 1 heterocycles. The van der Waals surface area contributed by atoms with Crippen molar-refractivity contribution < 1.29 is 27.6 Å². The highest BCUT2D eigenvalue weighted by molar-refractivity contribution is 6.32. The quantitative estimate of drug-likeness (QED) is 0.530. The lowest BCUT2D eigenvalue weighted by molar-refractivity contribution is -0.384. The van der Waals surface area contributed by atoms with Crippen LogP contribution in [0.4, 0.5) is 18.9 Å². The second-order valence-corrected chi connectivity index (χ2v) is 7.28. The second kappa shape index (κ2) is 8.86. The van der Waals surface area contributed by atoms with Crippen molar-refractivity contribution in [2.75, 3.05) is 0 Å². The molecule has 0 radical (unpaired) electrons. The molecule has 1 saturated carbocycles. The van der Waals surface area contributed by atoms with Crippen molar-refractivity contribution in [3.05, 3.63) is 62.8 Å². The molecule has 30 heavy (non-hydrogen) atoms. The predicted octanol–water partition coefficient (Wildman–Crippen LogP) is 4.78. The number of carbonyl (C=O) groups is 1. The Morgan fingerprint density at radius 1 is 1.20 bits per heavy atom. The van der Waals surface area contributed by atoms with Gasteiger partial charge in [0.1, 0.15) is 11.1 Å². The Morgan fingerprint density at radius 3 is 2.47 bits per heavy atom. The van der Waals surface area contributed by atoms with Gasteiger partial charge in [-0.25, -0.2) is 4.98 Å². The lowest BCUT2D eigenvalue weighted by Gasteiger charge is -2.29. The number of carbonyl (C=O) groups excluding carboxylic acids is 1. The number of aromatic nitrogens is 1. The molecular formula is C19H17ClF3N3O4. The largest absolute Gasteiger partial charge is 0.474 e. The molecule has 0 bridgehead atoms. The molecule has 1 N–H and O–H groups in total. The predicted molar refractivity (Wildman–Crippen MR) is 101 cm³/mol. The summed E-state index contributed by atoms with van der Waals surface area (Å²) in [6.45, 7) is 0. The van der Waals surface area contributed by atoms with Gasteiger partial charge in [0.05, 0.1) is 10.5 Å². The number of nitro groups is 1. The van der Waals surface area contributed by atoms with Crippen LogP contribution in [0.2, 0.25) is 5.02 Å². The first kappa shape index (κ1) is 21.8. The number of nitro benzene ring substituents is 1. The Balaban J connectivity index is 1.51. The summed E-state index contributed by atoms with van der Waals surface area (Å²) < 4.78 is 43.4. The van der Waals surface area contributed by atoms with Gasteiger partial charge in [0, 0.05) is 29.9 Å². The normalized spacial score (nSPS) is 19.2. The van der Waals surface area contributed by atoms with Crippen LogP contribution < -0.4 is 10.1 Å². The number of benzene rings is 1. The molecule has 0 saturated heterocycles. The van der Waals surface area contributed by atoms with E-state index in [0.29, 0.717) is 25.7 Å². The molecule has 3 rings (SSSR count). The van der Waals surface area contributed by atoms with Gasteiger partial charge in [0.25, 0.3) is 11.6 Å². The Hall–Kier alpha value is -2.88. The van der Waals surface area contributed by atoms with Crippen molar-refractivity contribution in [1.82, 2.24) is 10.3 Å². The summed E-state index contributed by atoms with van der Waals surface area (Å²) in [5, 5.41) is 13.7. The third-order valence-corrected chi connectivity index (χ3v) is 5.09. The fraction of sp³-hybridized carbons (Fsp3) is 0.368. The zero-order chi connectivity index (χ0) is 21.9. The van der Waals surface area contributed by atoms with Gasteiger partial charge in [-0.1, -0.05) is 11.6 Å². The number of halogens is 4. The van der Waals surface area contributed by atoms with Gasteiger partial charge in [0.15, 0.2) is 0 Å². The number of nitrogens with one attached hydrogen (secondary N) is 1. The molecule has 1 aliphatic carbocycles. The van der Waals surface area contributed by atoms with Crippen LogP contribution >= 0.6 is 11.6 Å². The summed E-state index contributed by atoms with van der Waals surface area (Å²) in [5.74, 6) is -0.326. The zero-order valence-corrected chi connectivity index (χ0v) is 16.2. The number of rotatable bonds is 5. The highest BCUT2D eigenvalue weighted by Crippen LogP contribution is 2.30. The minimum Gasteiger partial charge on any atom is -0.474 e. The lowest BCUT2D eigenvalue weighted by Crippen LogP contribution is -2.39. The van der Waals surface area contributed by atoms with Gasteiger partial charge >= 0.3 is 6.18 Å². The number of amides is 1. The van der Waals surface area contributed by atoms with Crippen LogP contribution in [-0.2, 0) is 6.18 Å². The minimum absolute atomic E-state index is 0.0499. The maximum Gasteiger partial charge on any atom is 0.417 e. The number of alkyl halides is 3. The van der Waals surface area contributed by atoms with Gasteiger partial charge in [-0.2, -0.15) is 13.2 Å². The van der Waals surface area contributed by atoms with E-state index in [4.69, 9.17) is 16.3 Å². The first-order chi connectivity index (χ1) is 14.1. The van der Waals surface area contributed by atoms with E-state index < -0.39 is 22.6 Å². The molecule has 0 atom stereocenters. The highest BCUT2D eigenvalue weighted by Gasteiger charge is 2.31. The third kappa shape index (κ3) is 5.38. The van der Waals surface area contributed by atoms with Crippen LogP contribution in [0.25, 0.3) is 0 Å². The number of nitrogens with zero attached hydrogens (tertiary/aromatic N) is 2. The monoisotopic (exact) mass is 443 g/mol. The third-order valence-electron chi connectivity index (χ3n) is 4.77. The van der Waals surface area contributed by atoms with Crippen molar-refractivity contribution in [2.45, 2.75) is 44.0 Å². The zero-order valence-electron chi connectivity index (χ0n) is 15.5. The van der Waals surface area contributed by atoms with E-state index >= 15 is 0 Å². The van der Waals surface area contributed by atoms with Gasteiger partial charge < -0.3 is 10.1 Å². The molecule has 1 aromatic heterocycles. The number of pyridine rings is 1. The van der Waals surface area contributed by atoms with Crippen molar-refractivity contribution in [1.29, 1.82) is 0 Å². The van der Waals surface area contributed by atoms with Crippen molar-refractivity contribution in [3.8, 4) is 5.88 Å². The van der Waals surface area contributed by atoms with Crippen LogP contribution in [0.3, 0.4) is 0 Å². The summed E-state index contributed by atoms with van der Waals surface area (Å²) in [4.78, 5) is 26.4. The maximum atomic E-state index is 12.6. The summed E-state index contributed by atoms with van der Waals surface area (Å²) in [7, 11) is 0. The van der Waals surface area contributed by atoms with Gasteiger partial charge in [0.2, 0.25) is 5.88 Å². The summed E-state index contributed by atoms with van der Waals surface area (Å²) in [6.07, 6.45) is -1.61. The van der Waals surface area contributed by atoms with E-state index in [0.717, 1.165) is 18.3 Å². The summed E-state index contributed by atoms with van der Waals surface area (Å²) in [5.41, 5.74) is -1.05. The first-order valence-corrected chi connectivity index (χ1v) is 9.46. The lowest BCUT2D eigenvalue weighted by atomic mass is 9.92. The maximum absolute atomic E-state index is 12.6. The topological polar surface area (TPSA) is 94.4 Å². The molecule has 0 spiro atoms. The Morgan fingerprint density at radius 2 is 1.90 bits per heavy atom. The number of hydrogen-bond acceptors (Lipinski definition) is 5. The van der Waals surface area contributed by atoms with E-state index in [1.54, 1.807) is 0 Å². The molecule has 2 aromatic rings. The Labute approximate surface area is 174 Å². The number of hydrogen-bond donors (Lipinski definition) is 1. The van der Waals surface area contributed by atoms with Gasteiger partial charge in [-0.15, -0.1) is 0 Å². The molecule has 160 valence electrons. The van der Waals surface area contributed by atoms with Crippen molar-refractivity contribution in [3.63, 3.8) is 0 Å². The first-order valence-electron chi connectivity index (χ1n) is 9.08. The van der Waals surface area contributed by atoms with E-state index in [9.17, 15) is 28.1 Å². The van der Waals surface area contributed by atoms with Crippen molar-refractivity contribution in [2.24, 2.45) is 0 Å². The van der Waals surface area contributed by atoms with Gasteiger partial charge in [-0.05, 0) is 43.9 Å². The molecule has 1 aromatic carbocycles. The van der Waals surface area contributed by atoms with E-state index in [1.807, 2.05) is 0 Å². The average Bonchev–Trinajstić information content (AvgIpc) is 2.69. The summed E-state index contributed by atoms with van der Waals surface area (Å²) in [6, 6.07) is 5.80. The molecule has 1 amide bonds. The van der Waals surface area contributed by atoms with Gasteiger partial charge in [-0.3, -0.25) is 14.9 Å². The van der Waals surface area contributed by atoms with Crippen LogP contribution in [0.15, 0.2) is 36.5 Å². The smallest absolute Gasteiger partial charge is 0.417 e. The molecule has 11 heteroatoms. The molecule has 7 nitrogen and oxygen atoms in total. The standard InChI is InChI=1S/C19H17ClF3N3O4/c20-15-7-1-11(9-16(15)26(28)29)18(27)25-13-3-5-14(6-4-13)30-17-8-2-12(10-24-17)19(21,22)23/h1-2,7-10,13-14H,3-6H2,(H,25,27). The molecule has 0 unspecified atom stereocenters. The van der Waals surface area contributed by atoms with Crippen LogP contribution in [0, 0.1) is 10.1 Å². The average molecular weight is 444 g/mol. The number of ether oxygens (including phenoxy) is 1. The second-order valence-electron chi connectivity index (χ2n) is 6.87. The minimum atomic E-state index is -4.45. The molecule has 0 aliphatic heterocycles. The van der Waals surface area contributed by atoms with Crippen molar-refractivity contribution >= 4 is 23.2 Å². The van der Waals surface area contributed by atoms with E-state index in [2.05, 4.69) is 10.3 Å². The fourth-order valence-electron chi connectivity index (χ4n) is 3.18. The molecular weight excluding hydrogens is 427 g/mol. The van der Waals surface area contributed by atoms with Crippen LogP contribution in [0.5, 0.6) is 5.88 Å². The van der Waals surface area contributed by atoms with E-state index in [-0.39, 0.29) is 34.3 Å². The van der Waals surface area contributed by atoms with Crippen LogP contribution in [-0.4, -0.2) is 28.0 Å². The Kier molecular flexibility index (Phi) is 6.45. The highest BCUT2D eigenvalue weighted by atomic mass is 35.5. The molecule has 1 aliphatic rings. The Bertz CT molecular complexity index is 930. The summed E-state index contributed by atoms with van der Waals surface area (Å²) >= 11 is 5.75. The molecule has 1 fully saturated rings.